The van der Waals surface area contributed by atoms with Crippen molar-refractivity contribution < 1.29 is 0 Å². The zero-order chi connectivity index (χ0) is 16.8. The predicted molar refractivity (Wildman–Crippen MR) is 104 cm³/mol. The van der Waals surface area contributed by atoms with E-state index in [9.17, 15) is 0 Å². The first-order valence-corrected chi connectivity index (χ1v) is 8.38. The molecule has 0 aliphatic carbocycles. The van der Waals surface area contributed by atoms with E-state index in [-0.39, 0.29) is 0 Å². The largest absolute Gasteiger partial charge is 0.360 e. The van der Waals surface area contributed by atoms with Gasteiger partial charge in [-0.1, -0.05) is 55.5 Å². The smallest absolute Gasteiger partial charge is 0.187 e. The van der Waals surface area contributed by atoms with Gasteiger partial charge in [-0.05, 0) is 29.8 Å². The summed E-state index contributed by atoms with van der Waals surface area (Å²) < 4.78 is 0. The molecule has 0 amide bonds. The lowest BCUT2D eigenvalue weighted by atomic mass is 10.1. The van der Waals surface area contributed by atoms with E-state index < -0.39 is 0 Å². The van der Waals surface area contributed by atoms with Gasteiger partial charge in [0.25, 0.3) is 0 Å². The van der Waals surface area contributed by atoms with Gasteiger partial charge in [0.05, 0.1) is 6.21 Å². The van der Waals surface area contributed by atoms with Gasteiger partial charge < -0.3 is 10.3 Å². The fourth-order valence-electron chi connectivity index (χ4n) is 2.62. The average molecular weight is 336 g/mol. The lowest BCUT2D eigenvalue weighted by molar-refractivity contribution is 0.869. The SMILES string of the molecule is CCc1cccc2c(/C=N/NC(=S)NCc3ccccc3)c[nH]c12. The van der Waals surface area contributed by atoms with E-state index in [1.54, 1.807) is 6.21 Å². The van der Waals surface area contributed by atoms with Gasteiger partial charge in [-0.2, -0.15) is 5.10 Å². The van der Waals surface area contributed by atoms with E-state index in [1.165, 1.54) is 22.0 Å². The monoisotopic (exact) mass is 336 g/mol. The molecule has 0 saturated carbocycles. The van der Waals surface area contributed by atoms with E-state index >= 15 is 0 Å². The van der Waals surface area contributed by atoms with Crippen molar-refractivity contribution in [1.29, 1.82) is 0 Å². The maximum absolute atomic E-state index is 5.24. The third kappa shape index (κ3) is 3.81. The standard InChI is InChI=1S/C19H20N4S/c1-2-15-9-6-10-17-16(12-20-18(15)17)13-22-23-19(24)21-11-14-7-4-3-5-8-14/h3-10,12-13,20H,2,11H2,1H3,(H2,21,23,24)/b22-13+. The first kappa shape index (κ1) is 16.2. The van der Waals surface area contributed by atoms with Gasteiger partial charge in [0.1, 0.15) is 0 Å². The summed E-state index contributed by atoms with van der Waals surface area (Å²) in [6.45, 7) is 2.83. The van der Waals surface area contributed by atoms with Crippen molar-refractivity contribution in [3.63, 3.8) is 0 Å². The maximum atomic E-state index is 5.24. The van der Waals surface area contributed by atoms with Crippen LogP contribution >= 0.6 is 12.2 Å². The summed E-state index contributed by atoms with van der Waals surface area (Å²) in [6, 6.07) is 16.4. The van der Waals surface area contributed by atoms with Crippen LogP contribution in [0.2, 0.25) is 0 Å². The highest BCUT2D eigenvalue weighted by Crippen LogP contribution is 2.20. The van der Waals surface area contributed by atoms with Crippen LogP contribution in [0.3, 0.4) is 0 Å². The number of nitrogens with one attached hydrogen (secondary N) is 3. The van der Waals surface area contributed by atoms with Gasteiger partial charge in [-0.15, -0.1) is 0 Å². The molecule has 0 fully saturated rings. The molecule has 0 spiro atoms. The Balaban J connectivity index is 1.59. The van der Waals surface area contributed by atoms with E-state index in [4.69, 9.17) is 12.2 Å². The minimum absolute atomic E-state index is 0.504. The second-order valence-corrected chi connectivity index (χ2v) is 5.88. The van der Waals surface area contributed by atoms with E-state index in [1.807, 2.05) is 24.4 Å². The zero-order valence-electron chi connectivity index (χ0n) is 13.5. The van der Waals surface area contributed by atoms with Crippen LogP contribution < -0.4 is 10.7 Å². The van der Waals surface area contributed by atoms with Crippen molar-refractivity contribution in [1.82, 2.24) is 15.7 Å². The average Bonchev–Trinajstić information content (AvgIpc) is 3.04. The summed E-state index contributed by atoms with van der Waals surface area (Å²) in [7, 11) is 0. The molecule has 24 heavy (non-hydrogen) atoms. The highest BCUT2D eigenvalue weighted by molar-refractivity contribution is 7.80. The molecule has 0 bridgehead atoms. The molecule has 3 N–H and O–H groups in total. The lowest BCUT2D eigenvalue weighted by Crippen LogP contribution is -2.31. The van der Waals surface area contributed by atoms with Crippen molar-refractivity contribution in [2.45, 2.75) is 19.9 Å². The Morgan fingerprint density at radius 1 is 1.17 bits per heavy atom. The molecule has 0 radical (unpaired) electrons. The maximum Gasteiger partial charge on any atom is 0.187 e. The molecule has 4 nitrogen and oxygen atoms in total. The van der Waals surface area contributed by atoms with Crippen LogP contribution in [0.25, 0.3) is 10.9 Å². The van der Waals surface area contributed by atoms with Crippen molar-refractivity contribution in [2.75, 3.05) is 0 Å². The normalized spacial score (nSPS) is 11.0. The summed E-state index contributed by atoms with van der Waals surface area (Å²) in [5, 5.41) is 9.04. The van der Waals surface area contributed by atoms with Crippen LogP contribution in [0.5, 0.6) is 0 Å². The van der Waals surface area contributed by atoms with Crippen molar-refractivity contribution in [2.24, 2.45) is 5.10 Å². The van der Waals surface area contributed by atoms with Gasteiger partial charge >= 0.3 is 0 Å². The molecule has 0 unspecified atom stereocenters. The topological polar surface area (TPSA) is 52.2 Å². The molecule has 1 aromatic heterocycles. The second-order valence-electron chi connectivity index (χ2n) is 5.48. The summed E-state index contributed by atoms with van der Waals surface area (Å²) in [5.41, 5.74) is 7.55. The number of H-pyrrole nitrogens is 1. The van der Waals surface area contributed by atoms with Gasteiger partial charge in [0, 0.05) is 29.2 Å². The van der Waals surface area contributed by atoms with Crippen molar-refractivity contribution >= 4 is 34.4 Å². The van der Waals surface area contributed by atoms with Crippen molar-refractivity contribution in [3.05, 3.63) is 71.4 Å². The van der Waals surface area contributed by atoms with Crippen LogP contribution in [0.1, 0.15) is 23.6 Å². The molecule has 1 heterocycles. The Labute approximate surface area is 147 Å². The van der Waals surface area contributed by atoms with Gasteiger partial charge in [-0.3, -0.25) is 5.43 Å². The van der Waals surface area contributed by atoms with Crippen LogP contribution in [0.4, 0.5) is 0 Å². The van der Waals surface area contributed by atoms with Gasteiger partial charge in [0.2, 0.25) is 0 Å². The third-order valence-corrected chi connectivity index (χ3v) is 4.12. The Kier molecular flexibility index (Phi) is 5.23. The Bertz CT molecular complexity index is 852. The molecule has 3 rings (SSSR count). The third-order valence-electron chi connectivity index (χ3n) is 3.88. The summed E-state index contributed by atoms with van der Waals surface area (Å²) >= 11 is 5.24. The van der Waals surface area contributed by atoms with Gasteiger partial charge in [-0.25, -0.2) is 0 Å². The van der Waals surface area contributed by atoms with E-state index in [0.717, 1.165) is 12.0 Å². The zero-order valence-corrected chi connectivity index (χ0v) is 14.4. The molecule has 0 atom stereocenters. The molecule has 0 saturated heterocycles. The Morgan fingerprint density at radius 3 is 2.79 bits per heavy atom. The number of rotatable bonds is 5. The molecule has 122 valence electrons. The summed E-state index contributed by atoms with van der Waals surface area (Å²) in [5.74, 6) is 0. The Hall–Kier alpha value is -2.66. The minimum atomic E-state index is 0.504. The number of hydrazone groups is 1. The number of thiocarbonyl (C=S) groups is 1. The van der Waals surface area contributed by atoms with Gasteiger partial charge in [0.15, 0.2) is 5.11 Å². The molecular formula is C19H20N4S. The summed E-state index contributed by atoms with van der Waals surface area (Å²) in [4.78, 5) is 3.32. The highest BCUT2D eigenvalue weighted by atomic mass is 32.1. The van der Waals surface area contributed by atoms with Crippen molar-refractivity contribution in [3.8, 4) is 0 Å². The number of nitrogens with zero attached hydrogens (tertiary/aromatic N) is 1. The molecule has 3 aromatic rings. The molecule has 0 aliphatic heterocycles. The number of para-hydroxylation sites is 1. The van der Waals surface area contributed by atoms with Crippen LogP contribution in [0.15, 0.2) is 59.8 Å². The fraction of sp³-hybridized carbons (Fsp3) is 0.158. The minimum Gasteiger partial charge on any atom is -0.360 e. The number of fused-ring (bicyclic) bond motifs is 1. The second kappa shape index (κ2) is 7.75. The highest BCUT2D eigenvalue weighted by Gasteiger charge is 2.04. The van der Waals surface area contributed by atoms with Crippen LogP contribution in [-0.4, -0.2) is 16.3 Å². The number of hydrogen-bond acceptors (Lipinski definition) is 2. The number of benzene rings is 2. The molecule has 2 aromatic carbocycles. The first-order valence-electron chi connectivity index (χ1n) is 7.97. The Morgan fingerprint density at radius 2 is 2.00 bits per heavy atom. The number of aromatic nitrogens is 1. The van der Waals surface area contributed by atoms with E-state index in [0.29, 0.717) is 11.7 Å². The first-order chi connectivity index (χ1) is 11.8. The quantitative estimate of drug-likeness (QED) is 0.378. The molecular weight excluding hydrogens is 316 g/mol. The van der Waals surface area contributed by atoms with Crippen LogP contribution in [-0.2, 0) is 13.0 Å². The number of hydrogen-bond donors (Lipinski definition) is 3. The van der Waals surface area contributed by atoms with Crippen LogP contribution in [0, 0.1) is 0 Å². The molecule has 0 aliphatic rings. The predicted octanol–water partition coefficient (Wildman–Crippen LogP) is 3.73. The lowest BCUT2D eigenvalue weighted by Gasteiger charge is -2.06. The summed E-state index contributed by atoms with van der Waals surface area (Å²) in [6.07, 6.45) is 4.75. The van der Waals surface area contributed by atoms with E-state index in [2.05, 4.69) is 58.1 Å². The fourth-order valence-corrected chi connectivity index (χ4v) is 2.74. The molecule has 5 heteroatoms. The number of aryl methyl sites for hydroxylation is 1. The number of aromatic amines is 1.